The van der Waals surface area contributed by atoms with Crippen LogP contribution in [0.3, 0.4) is 0 Å². The van der Waals surface area contributed by atoms with Crippen LogP contribution in [0.15, 0.2) is 30.5 Å². The first-order valence-corrected chi connectivity index (χ1v) is 8.91. The van der Waals surface area contributed by atoms with Crippen LogP contribution in [0.25, 0.3) is 0 Å². The van der Waals surface area contributed by atoms with Gasteiger partial charge in [-0.05, 0) is 43.9 Å². The maximum absolute atomic E-state index is 12.3. The number of hydrogen-bond acceptors (Lipinski definition) is 4. The number of hydrogen-bond donors (Lipinski definition) is 1. The highest BCUT2D eigenvalue weighted by Crippen LogP contribution is 2.31. The lowest BCUT2D eigenvalue weighted by molar-refractivity contribution is -0.132. The van der Waals surface area contributed by atoms with Crippen molar-refractivity contribution in [3.63, 3.8) is 0 Å². The number of aromatic nitrogens is 1. The topological polar surface area (TPSA) is 53.4 Å². The molecule has 1 saturated heterocycles. The summed E-state index contributed by atoms with van der Waals surface area (Å²) in [6, 6.07) is 7.09. The van der Waals surface area contributed by atoms with Crippen LogP contribution in [-0.4, -0.2) is 34.0 Å². The second-order valence-electron chi connectivity index (χ2n) is 6.13. The molecule has 3 rings (SSSR count). The van der Waals surface area contributed by atoms with Crippen LogP contribution in [0.4, 0.5) is 0 Å². The molecule has 1 aromatic heterocycles. The highest BCUT2D eigenvalue weighted by atomic mass is 32.1. The van der Waals surface area contributed by atoms with E-state index >= 15 is 0 Å². The number of likely N-dealkylation sites (tertiary alicyclic amines) is 1. The van der Waals surface area contributed by atoms with Gasteiger partial charge < -0.3 is 10.0 Å². The Balaban J connectivity index is 1.47. The smallest absolute Gasteiger partial charge is 0.222 e. The average molecular weight is 330 g/mol. The summed E-state index contributed by atoms with van der Waals surface area (Å²) in [5.41, 5.74) is 1.09. The van der Waals surface area contributed by atoms with Gasteiger partial charge in [0.25, 0.3) is 0 Å². The first kappa shape index (κ1) is 16.0. The van der Waals surface area contributed by atoms with Crippen molar-refractivity contribution >= 4 is 17.2 Å². The highest BCUT2D eigenvalue weighted by Gasteiger charge is 2.25. The van der Waals surface area contributed by atoms with Crippen molar-refractivity contribution in [1.82, 2.24) is 9.88 Å². The third-order valence-electron chi connectivity index (χ3n) is 4.40. The fourth-order valence-corrected chi connectivity index (χ4v) is 3.95. The van der Waals surface area contributed by atoms with Crippen molar-refractivity contribution in [2.75, 3.05) is 13.1 Å². The first-order chi connectivity index (χ1) is 11.1. The number of thiazole rings is 1. The molecule has 4 nitrogen and oxygen atoms in total. The van der Waals surface area contributed by atoms with Crippen LogP contribution in [0, 0.1) is 6.92 Å². The van der Waals surface area contributed by atoms with Gasteiger partial charge in [-0.1, -0.05) is 12.1 Å². The zero-order valence-corrected chi connectivity index (χ0v) is 14.2. The molecular weight excluding hydrogens is 308 g/mol. The normalized spacial score (nSPS) is 15.8. The zero-order valence-electron chi connectivity index (χ0n) is 13.4. The lowest BCUT2D eigenvalue weighted by atomic mass is 9.97. The van der Waals surface area contributed by atoms with Gasteiger partial charge in [-0.3, -0.25) is 4.79 Å². The van der Waals surface area contributed by atoms with Crippen molar-refractivity contribution in [2.45, 2.75) is 38.5 Å². The van der Waals surface area contributed by atoms with Gasteiger partial charge >= 0.3 is 0 Å². The van der Waals surface area contributed by atoms with E-state index in [1.807, 2.05) is 23.2 Å². The molecule has 0 atom stereocenters. The van der Waals surface area contributed by atoms with Crippen molar-refractivity contribution in [3.05, 3.63) is 45.9 Å². The number of phenols is 1. The lowest BCUT2D eigenvalue weighted by Gasteiger charge is -2.31. The number of amides is 1. The number of benzene rings is 1. The highest BCUT2D eigenvalue weighted by molar-refractivity contribution is 7.11. The van der Waals surface area contributed by atoms with Crippen LogP contribution < -0.4 is 0 Å². The number of carbonyl (C=O) groups is 1. The molecule has 5 heteroatoms. The Bertz CT molecular complexity index is 658. The monoisotopic (exact) mass is 330 g/mol. The Morgan fingerprint density at radius 1 is 1.30 bits per heavy atom. The molecule has 1 amide bonds. The van der Waals surface area contributed by atoms with Crippen molar-refractivity contribution < 1.29 is 9.90 Å². The summed E-state index contributed by atoms with van der Waals surface area (Å²) in [5, 5.41) is 10.5. The third-order valence-corrected chi connectivity index (χ3v) is 5.48. The van der Waals surface area contributed by atoms with E-state index in [2.05, 4.69) is 11.9 Å². The summed E-state index contributed by atoms with van der Waals surface area (Å²) in [7, 11) is 0. The van der Waals surface area contributed by atoms with Crippen LogP contribution in [0.1, 0.15) is 40.6 Å². The minimum Gasteiger partial charge on any atom is -0.508 e. The molecule has 0 bridgehead atoms. The quantitative estimate of drug-likeness (QED) is 0.933. The van der Waals surface area contributed by atoms with Crippen LogP contribution in [0.2, 0.25) is 0 Å². The molecule has 1 aliphatic heterocycles. The Labute approximate surface area is 140 Å². The molecule has 122 valence electrons. The molecule has 2 heterocycles. The Hall–Kier alpha value is -1.88. The van der Waals surface area contributed by atoms with E-state index in [4.69, 9.17) is 0 Å². The van der Waals surface area contributed by atoms with E-state index < -0.39 is 0 Å². The third kappa shape index (κ3) is 4.10. The molecule has 2 aromatic rings. The van der Waals surface area contributed by atoms with Gasteiger partial charge in [-0.15, -0.1) is 11.3 Å². The Morgan fingerprint density at radius 3 is 2.61 bits per heavy atom. The number of nitrogens with zero attached hydrogens (tertiary/aromatic N) is 2. The molecule has 23 heavy (non-hydrogen) atoms. The van der Waals surface area contributed by atoms with Gasteiger partial charge in [-0.2, -0.15) is 0 Å². The van der Waals surface area contributed by atoms with Gasteiger partial charge in [0.1, 0.15) is 5.75 Å². The molecule has 0 saturated carbocycles. The predicted molar refractivity (Wildman–Crippen MR) is 91.8 cm³/mol. The predicted octanol–water partition coefficient (Wildman–Crippen LogP) is 3.50. The van der Waals surface area contributed by atoms with E-state index in [-0.39, 0.29) is 11.7 Å². The van der Waals surface area contributed by atoms with Crippen LogP contribution >= 0.6 is 11.3 Å². The second kappa shape index (κ2) is 7.13. The lowest BCUT2D eigenvalue weighted by Crippen LogP contribution is -2.38. The molecule has 0 unspecified atom stereocenters. The maximum Gasteiger partial charge on any atom is 0.222 e. The zero-order chi connectivity index (χ0) is 16.2. The second-order valence-corrected chi connectivity index (χ2v) is 7.40. The van der Waals surface area contributed by atoms with Gasteiger partial charge in [-0.25, -0.2) is 4.98 Å². The summed E-state index contributed by atoms with van der Waals surface area (Å²) in [6.45, 7) is 3.75. The van der Waals surface area contributed by atoms with Crippen molar-refractivity contribution in [1.29, 1.82) is 0 Å². The van der Waals surface area contributed by atoms with Crippen LogP contribution in [0.5, 0.6) is 5.75 Å². The van der Waals surface area contributed by atoms with Gasteiger partial charge in [0, 0.05) is 36.5 Å². The molecule has 0 aliphatic carbocycles. The summed E-state index contributed by atoms with van der Waals surface area (Å²) in [6.07, 6.45) is 5.22. The maximum atomic E-state index is 12.3. The number of aromatic hydroxyl groups is 1. The summed E-state index contributed by atoms with van der Waals surface area (Å²) in [5.74, 6) is 1.00. The standard InChI is InChI=1S/C18H22N2O2S/c1-13-12-19-18(23-13)15-8-10-20(11-9-15)17(22)7-4-14-2-5-16(21)6-3-14/h2-3,5-6,12,15,21H,4,7-11H2,1H3. The minimum absolute atomic E-state index is 0.229. The van der Waals surface area contributed by atoms with Gasteiger partial charge in [0.05, 0.1) is 5.01 Å². The van der Waals surface area contributed by atoms with E-state index in [9.17, 15) is 9.90 Å². The van der Waals surface area contributed by atoms with E-state index in [1.54, 1.807) is 23.5 Å². The Kier molecular flexibility index (Phi) is 4.96. The van der Waals surface area contributed by atoms with E-state index in [1.165, 1.54) is 9.88 Å². The molecule has 1 N–H and O–H groups in total. The molecule has 0 radical (unpaired) electrons. The van der Waals surface area contributed by atoms with Crippen molar-refractivity contribution in [2.24, 2.45) is 0 Å². The molecule has 0 spiro atoms. The first-order valence-electron chi connectivity index (χ1n) is 8.10. The molecule has 1 aromatic carbocycles. The minimum atomic E-state index is 0.229. The number of piperidine rings is 1. The van der Waals surface area contributed by atoms with E-state index in [0.29, 0.717) is 12.3 Å². The fourth-order valence-electron chi connectivity index (χ4n) is 3.01. The largest absolute Gasteiger partial charge is 0.508 e. The fraction of sp³-hybridized carbons (Fsp3) is 0.444. The number of phenolic OH excluding ortho intramolecular Hbond substituents is 1. The molecular formula is C18H22N2O2S. The number of aryl methyl sites for hydroxylation is 2. The summed E-state index contributed by atoms with van der Waals surface area (Å²) < 4.78 is 0. The van der Waals surface area contributed by atoms with Gasteiger partial charge in [0.15, 0.2) is 0 Å². The van der Waals surface area contributed by atoms with Crippen molar-refractivity contribution in [3.8, 4) is 5.75 Å². The summed E-state index contributed by atoms with van der Waals surface area (Å²) in [4.78, 5) is 20.1. The average Bonchev–Trinajstić information content (AvgIpc) is 3.01. The molecule has 1 aliphatic rings. The SMILES string of the molecule is Cc1cnc(C2CCN(C(=O)CCc3ccc(O)cc3)CC2)s1. The van der Waals surface area contributed by atoms with Gasteiger partial charge in [0.2, 0.25) is 5.91 Å². The number of rotatable bonds is 4. The molecule has 1 fully saturated rings. The van der Waals surface area contributed by atoms with Crippen LogP contribution in [-0.2, 0) is 11.2 Å². The van der Waals surface area contributed by atoms with E-state index in [0.717, 1.165) is 37.9 Å². The Morgan fingerprint density at radius 2 is 2.00 bits per heavy atom. The summed E-state index contributed by atoms with van der Waals surface area (Å²) >= 11 is 1.78. The number of carbonyl (C=O) groups excluding carboxylic acids is 1.